The van der Waals surface area contributed by atoms with Crippen LogP contribution in [0.3, 0.4) is 0 Å². The van der Waals surface area contributed by atoms with E-state index in [9.17, 15) is 4.79 Å². The molecule has 1 unspecified atom stereocenters. The molecule has 0 spiro atoms. The average Bonchev–Trinajstić information content (AvgIpc) is 3.28. The number of carbonyl (C=O) groups excluding carboxylic acids is 1. The zero-order valence-electron chi connectivity index (χ0n) is 18.3. The van der Waals surface area contributed by atoms with Crippen LogP contribution < -0.4 is 15.0 Å². The smallest absolute Gasteiger partial charge is 0.265 e. The highest BCUT2D eigenvalue weighted by atomic mass is 16.5. The van der Waals surface area contributed by atoms with E-state index in [1.165, 1.54) is 12.8 Å². The summed E-state index contributed by atoms with van der Waals surface area (Å²) in [7, 11) is 0. The summed E-state index contributed by atoms with van der Waals surface area (Å²) in [5, 5.41) is 11.7. The minimum atomic E-state index is -0.607. The van der Waals surface area contributed by atoms with E-state index in [-0.39, 0.29) is 5.91 Å². The Morgan fingerprint density at radius 2 is 1.65 bits per heavy atom. The molecule has 1 aliphatic heterocycles. The monoisotopic (exact) mass is 416 g/mol. The summed E-state index contributed by atoms with van der Waals surface area (Å²) in [5.74, 6) is 1.44. The largest absolute Gasteiger partial charge is 0.481 e. The van der Waals surface area contributed by atoms with E-state index in [0.717, 1.165) is 41.3 Å². The van der Waals surface area contributed by atoms with Crippen molar-refractivity contribution >= 4 is 17.4 Å². The lowest BCUT2D eigenvalue weighted by Gasteiger charge is -2.16. The second-order valence-electron chi connectivity index (χ2n) is 8.12. The molecule has 160 valence electrons. The van der Waals surface area contributed by atoms with Gasteiger partial charge in [0.25, 0.3) is 5.91 Å². The Kier molecular flexibility index (Phi) is 6.16. The summed E-state index contributed by atoms with van der Waals surface area (Å²) < 4.78 is 5.82. The zero-order valence-corrected chi connectivity index (χ0v) is 18.3. The Bertz CT molecular complexity index is 1020. The maximum absolute atomic E-state index is 12.5. The van der Waals surface area contributed by atoms with Crippen molar-refractivity contribution < 1.29 is 9.53 Å². The Morgan fingerprint density at radius 1 is 0.968 bits per heavy atom. The maximum atomic E-state index is 12.5. The Labute approximate surface area is 183 Å². The zero-order chi connectivity index (χ0) is 21.8. The lowest BCUT2D eigenvalue weighted by molar-refractivity contribution is -0.122. The first-order valence-electron chi connectivity index (χ1n) is 10.7. The van der Waals surface area contributed by atoms with Crippen molar-refractivity contribution in [2.75, 3.05) is 23.3 Å². The lowest BCUT2D eigenvalue weighted by Crippen LogP contribution is -2.30. The van der Waals surface area contributed by atoms with Crippen LogP contribution in [0.1, 0.15) is 30.9 Å². The van der Waals surface area contributed by atoms with E-state index in [0.29, 0.717) is 11.4 Å². The number of ether oxygens (including phenoxy) is 1. The summed E-state index contributed by atoms with van der Waals surface area (Å²) in [6.07, 6.45) is 1.82. The van der Waals surface area contributed by atoms with Gasteiger partial charge in [0, 0.05) is 24.3 Å². The van der Waals surface area contributed by atoms with E-state index in [4.69, 9.17) is 4.74 Å². The molecule has 2 aromatic carbocycles. The minimum Gasteiger partial charge on any atom is -0.481 e. The van der Waals surface area contributed by atoms with Gasteiger partial charge in [0.15, 0.2) is 11.9 Å². The molecule has 4 rings (SSSR count). The number of nitrogens with zero attached hydrogens (tertiary/aromatic N) is 3. The number of carbonyl (C=O) groups is 1. The van der Waals surface area contributed by atoms with Crippen LogP contribution >= 0.6 is 0 Å². The van der Waals surface area contributed by atoms with Gasteiger partial charge in [0.1, 0.15) is 5.75 Å². The van der Waals surface area contributed by atoms with Gasteiger partial charge in [0.2, 0.25) is 0 Å². The fourth-order valence-electron chi connectivity index (χ4n) is 3.82. The van der Waals surface area contributed by atoms with Gasteiger partial charge in [-0.05, 0) is 81.1 Å². The second-order valence-corrected chi connectivity index (χ2v) is 8.12. The number of aromatic nitrogens is 2. The molecule has 1 aliphatic rings. The van der Waals surface area contributed by atoms with Gasteiger partial charge in [-0.15, -0.1) is 10.2 Å². The Hall–Kier alpha value is -3.41. The van der Waals surface area contributed by atoms with Crippen LogP contribution in [0, 0.1) is 13.8 Å². The molecule has 6 heteroatoms. The van der Waals surface area contributed by atoms with Crippen molar-refractivity contribution in [1.82, 2.24) is 10.2 Å². The fraction of sp³-hybridized carbons (Fsp3) is 0.320. The fourth-order valence-corrected chi connectivity index (χ4v) is 3.82. The van der Waals surface area contributed by atoms with Crippen LogP contribution in [-0.2, 0) is 4.79 Å². The van der Waals surface area contributed by atoms with E-state index in [2.05, 4.69) is 26.5 Å². The first-order chi connectivity index (χ1) is 15.0. The van der Waals surface area contributed by atoms with Crippen LogP contribution in [-0.4, -0.2) is 35.3 Å². The summed E-state index contributed by atoms with van der Waals surface area (Å²) >= 11 is 0. The van der Waals surface area contributed by atoms with Crippen molar-refractivity contribution in [2.45, 2.75) is 39.7 Å². The summed E-state index contributed by atoms with van der Waals surface area (Å²) in [6.45, 7) is 7.87. The first kappa shape index (κ1) is 20.8. The number of hydrogen-bond acceptors (Lipinski definition) is 5. The molecule has 0 aliphatic carbocycles. The molecule has 0 saturated carbocycles. The molecule has 6 nitrogen and oxygen atoms in total. The molecular formula is C25H28N4O2. The molecule has 1 atom stereocenters. The molecule has 1 aromatic heterocycles. The summed E-state index contributed by atoms with van der Waals surface area (Å²) in [4.78, 5) is 14.8. The van der Waals surface area contributed by atoms with Gasteiger partial charge >= 0.3 is 0 Å². The van der Waals surface area contributed by atoms with Crippen molar-refractivity contribution in [3.63, 3.8) is 0 Å². The predicted molar refractivity (Wildman–Crippen MR) is 124 cm³/mol. The molecule has 1 amide bonds. The van der Waals surface area contributed by atoms with E-state index < -0.39 is 6.10 Å². The quantitative estimate of drug-likeness (QED) is 0.627. The van der Waals surface area contributed by atoms with Crippen molar-refractivity contribution in [3.8, 4) is 17.0 Å². The van der Waals surface area contributed by atoms with Crippen molar-refractivity contribution in [1.29, 1.82) is 0 Å². The number of aryl methyl sites for hydroxylation is 2. The average molecular weight is 417 g/mol. The Morgan fingerprint density at radius 3 is 2.26 bits per heavy atom. The SMILES string of the molecule is Cc1cc(C)cc(OC(C)C(=O)Nc2ccc(-c3ccc(N4CCCC4)nn3)cc2)c1. The predicted octanol–water partition coefficient (Wildman–Crippen LogP) is 4.77. The van der Waals surface area contributed by atoms with Crippen LogP contribution in [0.4, 0.5) is 11.5 Å². The lowest BCUT2D eigenvalue weighted by atomic mass is 10.1. The van der Waals surface area contributed by atoms with Crippen LogP contribution in [0.25, 0.3) is 11.3 Å². The van der Waals surface area contributed by atoms with E-state index in [1.54, 1.807) is 6.92 Å². The molecule has 3 aromatic rings. The molecule has 0 radical (unpaired) electrons. The minimum absolute atomic E-state index is 0.193. The van der Waals surface area contributed by atoms with Crippen LogP contribution in [0.5, 0.6) is 5.75 Å². The third-order valence-corrected chi connectivity index (χ3v) is 5.41. The Balaban J connectivity index is 1.37. The highest BCUT2D eigenvalue weighted by Gasteiger charge is 2.16. The third-order valence-electron chi connectivity index (χ3n) is 5.41. The number of benzene rings is 2. The maximum Gasteiger partial charge on any atom is 0.265 e. The molecule has 1 fully saturated rings. The van der Waals surface area contributed by atoms with Crippen molar-refractivity contribution in [2.24, 2.45) is 0 Å². The van der Waals surface area contributed by atoms with Gasteiger partial charge in [0.05, 0.1) is 5.69 Å². The molecule has 31 heavy (non-hydrogen) atoms. The van der Waals surface area contributed by atoms with Gasteiger partial charge in [-0.3, -0.25) is 4.79 Å². The van der Waals surface area contributed by atoms with E-state index in [1.807, 2.05) is 62.4 Å². The molecule has 0 bridgehead atoms. The van der Waals surface area contributed by atoms with Crippen LogP contribution in [0.15, 0.2) is 54.6 Å². The van der Waals surface area contributed by atoms with Gasteiger partial charge in [-0.25, -0.2) is 0 Å². The number of hydrogen-bond donors (Lipinski definition) is 1. The van der Waals surface area contributed by atoms with E-state index >= 15 is 0 Å². The number of anilines is 2. The number of rotatable bonds is 6. The number of nitrogens with one attached hydrogen (secondary N) is 1. The first-order valence-corrected chi connectivity index (χ1v) is 10.7. The highest BCUT2D eigenvalue weighted by Crippen LogP contribution is 2.23. The second kappa shape index (κ2) is 9.16. The summed E-state index contributed by atoms with van der Waals surface area (Å²) in [6, 6.07) is 17.6. The molecule has 2 heterocycles. The number of amides is 1. The topological polar surface area (TPSA) is 67.3 Å². The summed E-state index contributed by atoms with van der Waals surface area (Å²) in [5.41, 5.74) is 4.70. The highest BCUT2D eigenvalue weighted by molar-refractivity contribution is 5.94. The molecule has 1 saturated heterocycles. The van der Waals surface area contributed by atoms with Crippen LogP contribution in [0.2, 0.25) is 0 Å². The van der Waals surface area contributed by atoms with Gasteiger partial charge < -0.3 is 15.0 Å². The normalized spacial score (nSPS) is 14.4. The third kappa shape index (κ3) is 5.20. The van der Waals surface area contributed by atoms with Gasteiger partial charge in [-0.2, -0.15) is 0 Å². The molecule has 1 N–H and O–H groups in total. The van der Waals surface area contributed by atoms with Crippen molar-refractivity contribution in [3.05, 3.63) is 65.7 Å². The van der Waals surface area contributed by atoms with Gasteiger partial charge in [-0.1, -0.05) is 18.2 Å². The molecular weight excluding hydrogens is 388 g/mol. The standard InChI is InChI=1S/C25H28N4O2/c1-17-14-18(2)16-22(15-17)31-19(3)25(30)26-21-8-6-20(7-9-21)23-10-11-24(28-27-23)29-12-4-5-13-29/h6-11,14-16,19H,4-5,12-13H2,1-3H3,(H,26,30).